The Morgan fingerprint density at radius 2 is 2.11 bits per heavy atom. The second kappa shape index (κ2) is 7.98. The van der Waals surface area contributed by atoms with Gasteiger partial charge in [-0.3, -0.25) is 0 Å². The lowest BCUT2D eigenvalue weighted by molar-refractivity contribution is 0.548. The molecule has 1 heterocycles. The third-order valence-electron chi connectivity index (χ3n) is 4.43. The number of hydrogen-bond acceptors (Lipinski definition) is 4. The van der Waals surface area contributed by atoms with Gasteiger partial charge in [-0.05, 0) is 42.2 Å². The summed E-state index contributed by atoms with van der Waals surface area (Å²) in [4.78, 5) is 12.5. The lowest BCUT2D eigenvalue weighted by Crippen LogP contribution is -2.14. The standard InChI is InChI=1S/C21H20FNO3S/c1-4-6-14-9-10-16-13(2)17(21(24)26-19(16)11-14)12-15-7-5-8-18(20(15)22)23-27(3)25/h4-5,7-11,23H,1,6,12H2,2-3H3. The van der Waals surface area contributed by atoms with E-state index in [4.69, 9.17) is 4.42 Å². The number of benzene rings is 2. The molecule has 1 aromatic heterocycles. The van der Waals surface area contributed by atoms with Crippen LogP contribution in [-0.2, 0) is 24.2 Å². The molecule has 0 saturated heterocycles. The average Bonchev–Trinajstić information content (AvgIpc) is 2.61. The van der Waals surface area contributed by atoms with Crippen molar-refractivity contribution >= 4 is 28.0 Å². The summed E-state index contributed by atoms with van der Waals surface area (Å²) < 4.78 is 34.1. The molecular formula is C21H20FNO3S. The number of hydrogen-bond donors (Lipinski definition) is 1. The molecule has 0 fully saturated rings. The maximum absolute atomic E-state index is 14.7. The van der Waals surface area contributed by atoms with Crippen LogP contribution in [0.1, 0.15) is 22.3 Å². The van der Waals surface area contributed by atoms with Crippen molar-refractivity contribution in [2.45, 2.75) is 19.8 Å². The highest BCUT2D eigenvalue weighted by Crippen LogP contribution is 2.25. The molecule has 0 saturated carbocycles. The van der Waals surface area contributed by atoms with Gasteiger partial charge in [0, 0.05) is 17.4 Å². The van der Waals surface area contributed by atoms with Gasteiger partial charge >= 0.3 is 5.63 Å². The summed E-state index contributed by atoms with van der Waals surface area (Å²) in [6.45, 7) is 5.55. The molecule has 27 heavy (non-hydrogen) atoms. The normalized spacial score (nSPS) is 12.1. The predicted molar refractivity (Wildman–Crippen MR) is 108 cm³/mol. The Morgan fingerprint density at radius 3 is 2.81 bits per heavy atom. The van der Waals surface area contributed by atoms with Crippen LogP contribution < -0.4 is 10.3 Å². The zero-order valence-electron chi connectivity index (χ0n) is 15.2. The number of halogens is 1. The van der Waals surface area contributed by atoms with Crippen LogP contribution in [0.15, 0.2) is 58.3 Å². The van der Waals surface area contributed by atoms with Gasteiger partial charge in [0.2, 0.25) is 0 Å². The van der Waals surface area contributed by atoms with Gasteiger partial charge < -0.3 is 8.97 Å². The lowest BCUT2D eigenvalue weighted by atomic mass is 9.98. The first kappa shape index (κ1) is 19.2. The Labute approximate surface area is 160 Å². The lowest BCUT2D eigenvalue weighted by Gasteiger charge is -2.12. The summed E-state index contributed by atoms with van der Waals surface area (Å²) in [6.07, 6.45) is 3.99. The van der Waals surface area contributed by atoms with E-state index in [1.54, 1.807) is 18.2 Å². The molecule has 0 radical (unpaired) electrons. The third-order valence-corrected chi connectivity index (χ3v) is 4.94. The van der Waals surface area contributed by atoms with Crippen LogP contribution in [-0.4, -0.2) is 10.8 Å². The number of allylic oxidation sites excluding steroid dienone is 1. The molecule has 3 aromatic rings. The number of rotatable bonds is 6. The van der Waals surface area contributed by atoms with Crippen molar-refractivity contribution in [3.8, 4) is 0 Å². The van der Waals surface area contributed by atoms with Gasteiger partial charge in [0.05, 0.1) is 11.4 Å². The van der Waals surface area contributed by atoms with Crippen LogP contribution in [0.3, 0.4) is 0 Å². The molecule has 2 aromatic carbocycles. The third kappa shape index (κ3) is 4.07. The molecular weight excluding hydrogens is 365 g/mol. The van der Waals surface area contributed by atoms with Crippen LogP contribution in [0.4, 0.5) is 10.1 Å². The highest BCUT2D eigenvalue weighted by molar-refractivity contribution is 7.92. The summed E-state index contributed by atoms with van der Waals surface area (Å²) >= 11 is -1.39. The smallest absolute Gasteiger partial charge is 0.340 e. The second-order valence-electron chi connectivity index (χ2n) is 6.33. The van der Waals surface area contributed by atoms with Gasteiger partial charge in [-0.1, -0.05) is 30.3 Å². The van der Waals surface area contributed by atoms with Crippen molar-refractivity contribution in [3.63, 3.8) is 0 Å². The van der Waals surface area contributed by atoms with E-state index in [0.717, 1.165) is 16.5 Å². The SMILES string of the molecule is C=CCc1ccc2c(C)c(Cc3cccc(N[S+](C)[O-])c3F)c(=O)oc2c1. The van der Waals surface area contributed by atoms with E-state index in [-0.39, 0.29) is 12.1 Å². The average molecular weight is 385 g/mol. The highest BCUT2D eigenvalue weighted by atomic mass is 32.2. The maximum Gasteiger partial charge on any atom is 0.340 e. The van der Waals surface area contributed by atoms with Crippen LogP contribution in [0.2, 0.25) is 0 Å². The van der Waals surface area contributed by atoms with E-state index in [0.29, 0.717) is 23.1 Å². The van der Waals surface area contributed by atoms with Gasteiger partial charge in [0.1, 0.15) is 17.5 Å². The van der Waals surface area contributed by atoms with E-state index < -0.39 is 22.8 Å². The molecule has 0 spiro atoms. The predicted octanol–water partition coefficient (Wildman–Crippen LogP) is 4.27. The molecule has 4 nitrogen and oxygen atoms in total. The minimum atomic E-state index is -1.39. The van der Waals surface area contributed by atoms with Crippen LogP contribution in [0, 0.1) is 12.7 Å². The fourth-order valence-electron chi connectivity index (χ4n) is 3.08. The fourth-order valence-corrected chi connectivity index (χ4v) is 3.54. The molecule has 1 atom stereocenters. The molecule has 0 aliphatic carbocycles. The van der Waals surface area contributed by atoms with E-state index >= 15 is 0 Å². The minimum Gasteiger partial charge on any atom is -0.593 e. The van der Waals surface area contributed by atoms with E-state index in [1.807, 2.05) is 25.1 Å². The summed E-state index contributed by atoms with van der Waals surface area (Å²) in [5, 5.41) is 0.821. The number of fused-ring (bicyclic) bond motifs is 1. The maximum atomic E-state index is 14.7. The molecule has 6 heteroatoms. The Morgan fingerprint density at radius 1 is 1.33 bits per heavy atom. The molecule has 1 N–H and O–H groups in total. The molecule has 0 bridgehead atoms. The monoisotopic (exact) mass is 385 g/mol. The number of anilines is 1. The van der Waals surface area contributed by atoms with Crippen LogP contribution >= 0.6 is 0 Å². The molecule has 3 rings (SSSR count). The zero-order chi connectivity index (χ0) is 19.6. The van der Waals surface area contributed by atoms with E-state index in [1.165, 1.54) is 12.3 Å². The summed E-state index contributed by atoms with van der Waals surface area (Å²) in [5.74, 6) is -0.520. The Hall–Kier alpha value is -2.57. The van der Waals surface area contributed by atoms with E-state index in [2.05, 4.69) is 11.3 Å². The Balaban J connectivity index is 2.04. The largest absolute Gasteiger partial charge is 0.593 e. The molecule has 0 aliphatic rings. The molecule has 0 aliphatic heterocycles. The highest BCUT2D eigenvalue weighted by Gasteiger charge is 2.17. The van der Waals surface area contributed by atoms with Gasteiger partial charge in [-0.2, -0.15) is 0 Å². The summed E-state index contributed by atoms with van der Waals surface area (Å²) in [5.41, 5.74) is 2.69. The van der Waals surface area contributed by atoms with Gasteiger partial charge in [0.25, 0.3) is 0 Å². The first-order valence-electron chi connectivity index (χ1n) is 8.44. The first-order chi connectivity index (χ1) is 12.9. The van der Waals surface area contributed by atoms with Crippen molar-refractivity contribution in [2.24, 2.45) is 0 Å². The molecule has 140 valence electrons. The van der Waals surface area contributed by atoms with Crippen molar-refractivity contribution in [1.82, 2.24) is 0 Å². The van der Waals surface area contributed by atoms with E-state index in [9.17, 15) is 13.7 Å². The van der Waals surface area contributed by atoms with Crippen LogP contribution in [0.5, 0.6) is 0 Å². The minimum absolute atomic E-state index is 0.0935. The van der Waals surface area contributed by atoms with Crippen molar-refractivity contribution in [3.05, 3.63) is 87.5 Å². The molecule has 0 amide bonds. The number of aryl methyl sites for hydroxylation is 1. The Kier molecular flexibility index (Phi) is 5.68. The van der Waals surface area contributed by atoms with Gasteiger partial charge in [-0.15, -0.1) is 6.58 Å². The van der Waals surface area contributed by atoms with Gasteiger partial charge in [0.15, 0.2) is 5.82 Å². The number of nitrogens with one attached hydrogen (secondary N) is 1. The quantitative estimate of drug-likeness (QED) is 0.391. The summed E-state index contributed by atoms with van der Waals surface area (Å²) in [6, 6.07) is 10.5. The van der Waals surface area contributed by atoms with Gasteiger partial charge in [-0.25, -0.2) is 13.9 Å². The fraction of sp³-hybridized carbons (Fsp3) is 0.190. The van der Waals surface area contributed by atoms with Crippen LogP contribution in [0.25, 0.3) is 11.0 Å². The van der Waals surface area contributed by atoms with Crippen molar-refractivity contribution in [1.29, 1.82) is 0 Å². The van der Waals surface area contributed by atoms with Crippen molar-refractivity contribution < 1.29 is 13.4 Å². The second-order valence-corrected chi connectivity index (χ2v) is 7.44. The Bertz CT molecular complexity index is 1060. The topological polar surface area (TPSA) is 65.3 Å². The summed E-state index contributed by atoms with van der Waals surface area (Å²) in [7, 11) is 0. The zero-order valence-corrected chi connectivity index (χ0v) is 16.0. The first-order valence-corrected chi connectivity index (χ1v) is 10.00. The van der Waals surface area contributed by atoms with Crippen molar-refractivity contribution in [2.75, 3.05) is 11.0 Å². The molecule has 1 unspecified atom stereocenters.